The summed E-state index contributed by atoms with van der Waals surface area (Å²) in [5, 5.41) is 3.54. The van der Waals surface area contributed by atoms with E-state index in [-0.39, 0.29) is 11.8 Å². The molecule has 0 heterocycles. The molecule has 1 atom stereocenters. The fourth-order valence-corrected chi connectivity index (χ4v) is 3.51. The van der Waals surface area contributed by atoms with E-state index in [1.807, 2.05) is 32.2 Å². The number of nitrogens with zero attached hydrogens (tertiary/aromatic N) is 1. The molecule has 19 heavy (non-hydrogen) atoms. The summed E-state index contributed by atoms with van der Waals surface area (Å²) in [6.07, 6.45) is 0.596. The highest BCUT2D eigenvalue weighted by atomic mass is 35.5. The second-order valence-corrected chi connectivity index (χ2v) is 7.04. The van der Waals surface area contributed by atoms with Crippen LogP contribution < -0.4 is 5.32 Å². The highest BCUT2D eigenvalue weighted by Gasteiger charge is 2.24. The molecule has 0 amide bonds. The van der Waals surface area contributed by atoms with Crippen molar-refractivity contribution in [2.24, 2.45) is 0 Å². The minimum absolute atomic E-state index is 0.138. The van der Waals surface area contributed by atoms with Gasteiger partial charge in [0.1, 0.15) is 0 Å². The van der Waals surface area contributed by atoms with Gasteiger partial charge in [-0.05, 0) is 38.6 Å². The van der Waals surface area contributed by atoms with Gasteiger partial charge >= 0.3 is 0 Å². The van der Waals surface area contributed by atoms with E-state index in [2.05, 4.69) is 5.32 Å². The van der Waals surface area contributed by atoms with Crippen LogP contribution in [-0.2, 0) is 10.0 Å². The molecular weight excluding hydrogens is 284 g/mol. The molecule has 0 fully saturated rings. The van der Waals surface area contributed by atoms with Crippen molar-refractivity contribution in [3.05, 3.63) is 34.9 Å². The predicted octanol–water partition coefficient (Wildman–Crippen LogP) is 2.27. The minimum atomic E-state index is -3.26. The Morgan fingerprint density at radius 2 is 2.00 bits per heavy atom. The molecule has 0 spiro atoms. The van der Waals surface area contributed by atoms with Gasteiger partial charge in [-0.2, -0.15) is 4.31 Å². The first kappa shape index (κ1) is 16.4. The molecule has 0 aromatic heterocycles. The minimum Gasteiger partial charge on any atom is -0.320 e. The number of benzene rings is 1. The molecule has 1 rings (SSSR count). The lowest BCUT2D eigenvalue weighted by Crippen LogP contribution is -2.32. The van der Waals surface area contributed by atoms with Crippen LogP contribution in [0, 0.1) is 0 Å². The maximum Gasteiger partial charge on any atom is 0.214 e. The van der Waals surface area contributed by atoms with Crippen LogP contribution in [0.15, 0.2) is 24.3 Å². The zero-order chi connectivity index (χ0) is 14.5. The Morgan fingerprint density at radius 3 is 2.58 bits per heavy atom. The summed E-state index contributed by atoms with van der Waals surface area (Å²) < 4.78 is 25.8. The van der Waals surface area contributed by atoms with Crippen LogP contribution in [0.2, 0.25) is 5.02 Å². The maximum atomic E-state index is 12.2. The zero-order valence-electron chi connectivity index (χ0n) is 11.6. The number of hydrogen-bond donors (Lipinski definition) is 1. The summed E-state index contributed by atoms with van der Waals surface area (Å²) in [7, 11) is 0.146. The molecule has 4 nitrogen and oxygen atoms in total. The Bertz CT molecular complexity index is 505. The molecule has 1 unspecified atom stereocenters. The van der Waals surface area contributed by atoms with Crippen molar-refractivity contribution in [3.63, 3.8) is 0 Å². The highest BCUT2D eigenvalue weighted by Crippen LogP contribution is 2.27. The largest absolute Gasteiger partial charge is 0.320 e. The van der Waals surface area contributed by atoms with Gasteiger partial charge in [0.2, 0.25) is 10.0 Å². The monoisotopic (exact) mass is 304 g/mol. The molecule has 108 valence electrons. The first-order chi connectivity index (χ1) is 8.90. The highest BCUT2D eigenvalue weighted by molar-refractivity contribution is 7.89. The Morgan fingerprint density at radius 1 is 1.37 bits per heavy atom. The van der Waals surface area contributed by atoms with Gasteiger partial charge in [0, 0.05) is 18.1 Å². The van der Waals surface area contributed by atoms with Crippen molar-refractivity contribution in [1.29, 1.82) is 0 Å². The number of nitrogens with one attached hydrogen (secondary N) is 1. The van der Waals surface area contributed by atoms with Crippen LogP contribution in [0.1, 0.15) is 24.9 Å². The van der Waals surface area contributed by atoms with E-state index >= 15 is 0 Å². The molecule has 0 aliphatic rings. The molecule has 1 aromatic rings. The van der Waals surface area contributed by atoms with E-state index in [1.54, 1.807) is 13.1 Å². The van der Waals surface area contributed by atoms with Crippen LogP contribution in [0.5, 0.6) is 0 Å². The van der Waals surface area contributed by atoms with Crippen LogP contribution in [0.4, 0.5) is 0 Å². The molecule has 0 aliphatic carbocycles. The van der Waals surface area contributed by atoms with Crippen molar-refractivity contribution >= 4 is 21.6 Å². The van der Waals surface area contributed by atoms with E-state index in [0.29, 0.717) is 18.0 Å². The van der Waals surface area contributed by atoms with E-state index in [0.717, 1.165) is 5.56 Å². The lowest BCUT2D eigenvalue weighted by atomic mass is 10.1. The third kappa shape index (κ3) is 4.45. The summed E-state index contributed by atoms with van der Waals surface area (Å²) >= 11 is 6.11. The van der Waals surface area contributed by atoms with Crippen molar-refractivity contribution in [1.82, 2.24) is 9.62 Å². The molecule has 0 radical (unpaired) electrons. The molecule has 0 saturated heterocycles. The van der Waals surface area contributed by atoms with E-state index in [4.69, 9.17) is 11.6 Å². The summed E-state index contributed by atoms with van der Waals surface area (Å²) in [5.41, 5.74) is 0.823. The van der Waals surface area contributed by atoms with Gasteiger partial charge in [0.25, 0.3) is 0 Å². The zero-order valence-corrected chi connectivity index (χ0v) is 13.1. The second kappa shape index (κ2) is 7.24. The van der Waals surface area contributed by atoms with Crippen molar-refractivity contribution < 1.29 is 8.42 Å². The lowest BCUT2D eigenvalue weighted by Gasteiger charge is -2.25. The Labute approximate surface area is 120 Å². The van der Waals surface area contributed by atoms with Crippen LogP contribution in [0.25, 0.3) is 0 Å². The third-order valence-corrected chi connectivity index (χ3v) is 5.51. The first-order valence-electron chi connectivity index (χ1n) is 6.25. The van der Waals surface area contributed by atoms with Crippen molar-refractivity contribution in [2.45, 2.75) is 19.4 Å². The van der Waals surface area contributed by atoms with E-state index in [1.165, 1.54) is 4.31 Å². The Hall–Kier alpha value is -0.620. The summed E-state index contributed by atoms with van der Waals surface area (Å²) in [6.45, 7) is 2.53. The Balaban J connectivity index is 2.82. The average Bonchev–Trinajstić information content (AvgIpc) is 2.38. The lowest BCUT2D eigenvalue weighted by molar-refractivity contribution is 0.397. The van der Waals surface area contributed by atoms with Crippen LogP contribution >= 0.6 is 11.6 Å². The summed E-state index contributed by atoms with van der Waals surface area (Å²) in [6, 6.07) is 7.05. The maximum absolute atomic E-state index is 12.2. The summed E-state index contributed by atoms with van der Waals surface area (Å²) in [5.74, 6) is 0.138. The molecule has 0 bridgehead atoms. The standard InChI is InChI=1S/C13H21ClN2O2S/c1-11(12-7-4-5-8-13(12)14)16(3)19(17,18)10-6-9-15-2/h4-5,7-8,11,15H,6,9-10H2,1-3H3. The van der Waals surface area contributed by atoms with E-state index < -0.39 is 10.0 Å². The molecule has 1 N–H and O–H groups in total. The normalized spacial score (nSPS) is 13.7. The fraction of sp³-hybridized carbons (Fsp3) is 0.538. The number of sulfonamides is 1. The Kier molecular flexibility index (Phi) is 6.26. The summed E-state index contributed by atoms with van der Waals surface area (Å²) in [4.78, 5) is 0. The van der Waals surface area contributed by atoms with Crippen molar-refractivity contribution in [3.8, 4) is 0 Å². The number of rotatable bonds is 7. The second-order valence-electron chi connectivity index (χ2n) is 4.49. The fourth-order valence-electron chi connectivity index (χ4n) is 1.83. The quantitative estimate of drug-likeness (QED) is 0.786. The topological polar surface area (TPSA) is 49.4 Å². The SMILES string of the molecule is CNCCCS(=O)(=O)N(C)C(C)c1ccccc1Cl. The van der Waals surface area contributed by atoms with Gasteiger partial charge in [0.05, 0.1) is 5.75 Å². The predicted molar refractivity (Wildman–Crippen MR) is 80.0 cm³/mol. The van der Waals surface area contributed by atoms with Gasteiger partial charge in [-0.25, -0.2) is 8.42 Å². The molecule has 6 heteroatoms. The van der Waals surface area contributed by atoms with Crippen LogP contribution in [-0.4, -0.2) is 39.1 Å². The van der Waals surface area contributed by atoms with Crippen molar-refractivity contribution in [2.75, 3.05) is 26.4 Å². The average molecular weight is 305 g/mol. The van der Waals surface area contributed by atoms with Gasteiger partial charge in [-0.3, -0.25) is 0 Å². The van der Waals surface area contributed by atoms with Crippen LogP contribution in [0.3, 0.4) is 0 Å². The molecular formula is C13H21ClN2O2S. The number of halogens is 1. The van der Waals surface area contributed by atoms with E-state index in [9.17, 15) is 8.42 Å². The van der Waals surface area contributed by atoms with Gasteiger partial charge in [0.15, 0.2) is 0 Å². The smallest absolute Gasteiger partial charge is 0.214 e. The molecule has 0 saturated carbocycles. The van der Waals surface area contributed by atoms with Gasteiger partial charge in [-0.1, -0.05) is 29.8 Å². The number of hydrogen-bond acceptors (Lipinski definition) is 3. The first-order valence-corrected chi connectivity index (χ1v) is 8.23. The molecule has 0 aliphatic heterocycles. The van der Waals surface area contributed by atoms with Gasteiger partial charge < -0.3 is 5.32 Å². The van der Waals surface area contributed by atoms with Gasteiger partial charge in [-0.15, -0.1) is 0 Å². The molecule has 1 aromatic carbocycles. The third-order valence-electron chi connectivity index (χ3n) is 3.17.